The van der Waals surface area contributed by atoms with Gasteiger partial charge in [-0.05, 0) is 24.9 Å². The highest BCUT2D eigenvalue weighted by Crippen LogP contribution is 2.16. The molecule has 2 atom stereocenters. The number of carbonyl (C=O) groups excluding carboxylic acids is 1. The average molecular weight is 330 g/mol. The summed E-state index contributed by atoms with van der Waals surface area (Å²) in [6.45, 7) is 3.79. The summed E-state index contributed by atoms with van der Waals surface area (Å²) in [6, 6.07) is 6.05. The molecule has 1 aromatic heterocycles. The number of rotatable bonds is 4. The van der Waals surface area contributed by atoms with Crippen molar-refractivity contribution in [1.29, 1.82) is 0 Å². The second-order valence-corrected chi connectivity index (χ2v) is 5.88. The maximum atomic E-state index is 12.3. The smallest absolute Gasteiger partial charge is 0.273 e. The number of piperidine rings is 1. The SMILES string of the molecule is CC1CCNCC1NC(=O)c1cn(-c2cccc([N+](=O)[O-])c2)nn1. The predicted octanol–water partition coefficient (Wildman–Crippen LogP) is 0.903. The highest BCUT2D eigenvalue weighted by Gasteiger charge is 2.24. The maximum Gasteiger partial charge on any atom is 0.273 e. The van der Waals surface area contributed by atoms with E-state index in [1.54, 1.807) is 12.1 Å². The molecule has 1 aliphatic heterocycles. The lowest BCUT2D eigenvalue weighted by Crippen LogP contribution is -2.50. The van der Waals surface area contributed by atoms with Gasteiger partial charge in [0, 0.05) is 24.7 Å². The summed E-state index contributed by atoms with van der Waals surface area (Å²) in [5, 5.41) is 24.8. The number of nitro benzene ring substituents is 1. The molecule has 1 saturated heterocycles. The van der Waals surface area contributed by atoms with Crippen molar-refractivity contribution >= 4 is 11.6 Å². The van der Waals surface area contributed by atoms with Crippen LogP contribution in [0.15, 0.2) is 30.5 Å². The summed E-state index contributed by atoms with van der Waals surface area (Å²) in [5.74, 6) is 0.0919. The molecule has 24 heavy (non-hydrogen) atoms. The molecule has 1 aliphatic rings. The van der Waals surface area contributed by atoms with Gasteiger partial charge in [0.25, 0.3) is 11.6 Å². The van der Waals surface area contributed by atoms with Crippen molar-refractivity contribution in [2.75, 3.05) is 13.1 Å². The van der Waals surface area contributed by atoms with Crippen LogP contribution in [-0.2, 0) is 0 Å². The molecule has 0 bridgehead atoms. The van der Waals surface area contributed by atoms with E-state index >= 15 is 0 Å². The van der Waals surface area contributed by atoms with Gasteiger partial charge in [0.15, 0.2) is 5.69 Å². The molecule has 0 radical (unpaired) electrons. The molecular weight excluding hydrogens is 312 g/mol. The van der Waals surface area contributed by atoms with Crippen molar-refractivity contribution in [3.05, 3.63) is 46.3 Å². The molecule has 0 aliphatic carbocycles. The fourth-order valence-corrected chi connectivity index (χ4v) is 2.67. The molecule has 0 saturated carbocycles. The van der Waals surface area contributed by atoms with Crippen molar-refractivity contribution in [3.8, 4) is 5.69 Å². The van der Waals surface area contributed by atoms with Gasteiger partial charge < -0.3 is 10.6 Å². The number of carbonyl (C=O) groups is 1. The largest absolute Gasteiger partial charge is 0.346 e. The van der Waals surface area contributed by atoms with Crippen LogP contribution in [0.4, 0.5) is 5.69 Å². The van der Waals surface area contributed by atoms with Crippen LogP contribution in [0.2, 0.25) is 0 Å². The number of hydrogen-bond acceptors (Lipinski definition) is 6. The molecule has 1 amide bonds. The number of aromatic nitrogens is 3. The molecule has 3 rings (SSSR count). The van der Waals surface area contributed by atoms with Crippen molar-refractivity contribution in [2.45, 2.75) is 19.4 Å². The van der Waals surface area contributed by atoms with Crippen molar-refractivity contribution < 1.29 is 9.72 Å². The molecule has 2 unspecified atom stereocenters. The molecule has 9 nitrogen and oxygen atoms in total. The highest BCUT2D eigenvalue weighted by atomic mass is 16.6. The zero-order valence-corrected chi connectivity index (χ0v) is 13.2. The van der Waals surface area contributed by atoms with Crippen LogP contribution in [-0.4, -0.2) is 45.0 Å². The molecule has 126 valence electrons. The molecule has 0 spiro atoms. The molecular formula is C15H18N6O3. The van der Waals surface area contributed by atoms with Gasteiger partial charge in [0.05, 0.1) is 16.8 Å². The average Bonchev–Trinajstić information content (AvgIpc) is 3.07. The van der Waals surface area contributed by atoms with E-state index in [0.717, 1.165) is 19.5 Å². The fraction of sp³-hybridized carbons (Fsp3) is 0.400. The Morgan fingerprint density at radius 1 is 1.50 bits per heavy atom. The molecule has 9 heteroatoms. The third-order valence-electron chi connectivity index (χ3n) is 4.18. The first-order valence-electron chi connectivity index (χ1n) is 7.73. The summed E-state index contributed by atoms with van der Waals surface area (Å²) in [7, 11) is 0. The minimum absolute atomic E-state index is 0.0453. The third-order valence-corrected chi connectivity index (χ3v) is 4.18. The minimum Gasteiger partial charge on any atom is -0.346 e. The summed E-state index contributed by atoms with van der Waals surface area (Å²) in [4.78, 5) is 22.7. The molecule has 2 N–H and O–H groups in total. The number of hydrogen-bond donors (Lipinski definition) is 2. The van der Waals surface area contributed by atoms with Crippen LogP contribution >= 0.6 is 0 Å². The number of nitrogens with one attached hydrogen (secondary N) is 2. The van der Waals surface area contributed by atoms with Crippen molar-refractivity contribution in [1.82, 2.24) is 25.6 Å². The monoisotopic (exact) mass is 330 g/mol. The first-order chi connectivity index (χ1) is 11.5. The number of non-ortho nitro benzene ring substituents is 1. The van der Waals surface area contributed by atoms with Crippen LogP contribution in [0.25, 0.3) is 5.69 Å². The minimum atomic E-state index is -0.481. The van der Waals surface area contributed by atoms with E-state index in [9.17, 15) is 14.9 Å². The molecule has 2 aromatic rings. The summed E-state index contributed by atoms with van der Waals surface area (Å²) in [6.07, 6.45) is 2.47. The fourth-order valence-electron chi connectivity index (χ4n) is 2.67. The number of nitro groups is 1. The summed E-state index contributed by atoms with van der Waals surface area (Å²) in [5.41, 5.74) is 0.610. The van der Waals surface area contributed by atoms with Gasteiger partial charge in [0.1, 0.15) is 0 Å². The van der Waals surface area contributed by atoms with Crippen LogP contribution in [0, 0.1) is 16.0 Å². The van der Waals surface area contributed by atoms with E-state index in [1.165, 1.54) is 23.0 Å². The number of amides is 1. The Bertz CT molecular complexity index is 759. The van der Waals surface area contributed by atoms with E-state index in [4.69, 9.17) is 0 Å². The van der Waals surface area contributed by atoms with Crippen LogP contribution in [0.5, 0.6) is 0 Å². The van der Waals surface area contributed by atoms with Gasteiger partial charge in [-0.25, -0.2) is 4.68 Å². The number of nitrogens with zero attached hydrogens (tertiary/aromatic N) is 4. The van der Waals surface area contributed by atoms with E-state index in [2.05, 4.69) is 27.9 Å². The Kier molecular flexibility index (Phi) is 4.52. The number of benzene rings is 1. The highest BCUT2D eigenvalue weighted by molar-refractivity contribution is 5.92. The maximum absolute atomic E-state index is 12.3. The second-order valence-electron chi connectivity index (χ2n) is 5.88. The van der Waals surface area contributed by atoms with Gasteiger partial charge in [-0.15, -0.1) is 5.10 Å². The van der Waals surface area contributed by atoms with Gasteiger partial charge in [-0.2, -0.15) is 0 Å². The standard InChI is InChI=1S/C15H18N6O3/c1-10-5-6-16-8-13(10)17-15(22)14-9-20(19-18-14)11-3-2-4-12(7-11)21(23)24/h2-4,7,9-10,13,16H,5-6,8H2,1H3,(H,17,22). The van der Waals surface area contributed by atoms with E-state index in [1.807, 2.05) is 0 Å². The van der Waals surface area contributed by atoms with Crippen LogP contribution in [0.1, 0.15) is 23.8 Å². The molecule has 1 fully saturated rings. The summed E-state index contributed by atoms with van der Waals surface area (Å²) < 4.78 is 1.35. The van der Waals surface area contributed by atoms with Crippen LogP contribution < -0.4 is 10.6 Å². The topological polar surface area (TPSA) is 115 Å². The van der Waals surface area contributed by atoms with Crippen LogP contribution in [0.3, 0.4) is 0 Å². The Hall–Kier alpha value is -2.81. The Balaban J connectivity index is 1.74. The van der Waals surface area contributed by atoms with Gasteiger partial charge >= 0.3 is 0 Å². The second kappa shape index (κ2) is 6.75. The summed E-state index contributed by atoms with van der Waals surface area (Å²) >= 11 is 0. The van der Waals surface area contributed by atoms with E-state index in [0.29, 0.717) is 11.6 Å². The van der Waals surface area contributed by atoms with E-state index in [-0.39, 0.29) is 23.3 Å². The Morgan fingerprint density at radius 3 is 3.08 bits per heavy atom. The Morgan fingerprint density at radius 2 is 2.33 bits per heavy atom. The van der Waals surface area contributed by atoms with Gasteiger partial charge in [0.2, 0.25) is 0 Å². The first-order valence-corrected chi connectivity index (χ1v) is 7.73. The zero-order valence-electron chi connectivity index (χ0n) is 13.2. The van der Waals surface area contributed by atoms with Gasteiger partial charge in [-0.3, -0.25) is 14.9 Å². The lowest BCUT2D eigenvalue weighted by Gasteiger charge is -2.29. The first kappa shape index (κ1) is 16.1. The quantitative estimate of drug-likeness (QED) is 0.636. The lowest BCUT2D eigenvalue weighted by molar-refractivity contribution is -0.384. The Labute approximate surface area is 138 Å². The van der Waals surface area contributed by atoms with Crippen molar-refractivity contribution in [2.24, 2.45) is 5.92 Å². The zero-order chi connectivity index (χ0) is 17.1. The lowest BCUT2D eigenvalue weighted by atomic mass is 9.95. The van der Waals surface area contributed by atoms with E-state index < -0.39 is 4.92 Å². The predicted molar refractivity (Wildman–Crippen MR) is 85.9 cm³/mol. The molecule has 2 heterocycles. The van der Waals surface area contributed by atoms with Crippen molar-refractivity contribution in [3.63, 3.8) is 0 Å². The van der Waals surface area contributed by atoms with Gasteiger partial charge in [-0.1, -0.05) is 18.2 Å². The third kappa shape index (κ3) is 3.40. The normalized spacial score (nSPS) is 20.5. The molecule has 1 aromatic carbocycles.